The zero-order valence-corrected chi connectivity index (χ0v) is 15.2. The Hall–Kier alpha value is -1.70. The van der Waals surface area contributed by atoms with Crippen molar-refractivity contribution in [3.05, 3.63) is 61.9 Å². The zero-order valence-electron chi connectivity index (χ0n) is 12.8. The zero-order chi connectivity index (χ0) is 16.4. The van der Waals surface area contributed by atoms with Gasteiger partial charge in [-0.15, -0.1) is 11.3 Å². The largest absolute Gasteiger partial charge is 0.496 e. The number of halogens is 1. The second-order valence-electron chi connectivity index (χ2n) is 5.27. The first kappa shape index (κ1) is 16.2. The minimum absolute atomic E-state index is 0.0420. The Morgan fingerprint density at radius 3 is 2.96 bits per heavy atom. The number of ether oxygens (including phenoxy) is 1. The summed E-state index contributed by atoms with van der Waals surface area (Å²) in [7, 11) is 3.66. The molecule has 120 valence electrons. The highest BCUT2D eigenvalue weighted by atomic mass is 79.9. The van der Waals surface area contributed by atoms with Crippen LogP contribution in [0.25, 0.3) is 4.96 Å². The number of aromatic nitrogens is 2. The van der Waals surface area contributed by atoms with Crippen LogP contribution in [0.3, 0.4) is 0 Å². The van der Waals surface area contributed by atoms with Crippen LogP contribution in [0.15, 0.2) is 45.1 Å². The molecule has 0 saturated heterocycles. The van der Waals surface area contributed by atoms with Crippen LogP contribution in [0.2, 0.25) is 0 Å². The van der Waals surface area contributed by atoms with Crippen molar-refractivity contribution in [2.75, 3.05) is 14.2 Å². The average molecular weight is 394 g/mol. The van der Waals surface area contributed by atoms with Gasteiger partial charge in [0.2, 0.25) is 0 Å². The van der Waals surface area contributed by atoms with Crippen LogP contribution in [-0.4, -0.2) is 28.4 Å². The fourth-order valence-electron chi connectivity index (χ4n) is 2.46. The fraction of sp³-hybridized carbons (Fsp3) is 0.250. The molecule has 0 bridgehead atoms. The molecule has 7 heteroatoms. The molecule has 23 heavy (non-hydrogen) atoms. The molecule has 1 aromatic carbocycles. The Balaban J connectivity index is 1.79. The number of thiazole rings is 1. The summed E-state index contributed by atoms with van der Waals surface area (Å²) in [5, 5.41) is 1.86. The van der Waals surface area contributed by atoms with Gasteiger partial charge >= 0.3 is 0 Å². The number of methoxy groups -OCH3 is 1. The van der Waals surface area contributed by atoms with Gasteiger partial charge in [-0.3, -0.25) is 14.1 Å². The Morgan fingerprint density at radius 2 is 2.17 bits per heavy atom. The highest BCUT2D eigenvalue weighted by Gasteiger charge is 2.10. The van der Waals surface area contributed by atoms with Crippen LogP contribution in [0.1, 0.15) is 11.3 Å². The molecule has 0 atom stereocenters. The van der Waals surface area contributed by atoms with E-state index in [2.05, 4.69) is 25.8 Å². The molecule has 0 aliphatic rings. The lowest BCUT2D eigenvalue weighted by molar-refractivity contribution is 0.306. The Bertz CT molecular complexity index is 890. The maximum atomic E-state index is 12.0. The maximum absolute atomic E-state index is 12.0. The highest BCUT2D eigenvalue weighted by Crippen LogP contribution is 2.24. The van der Waals surface area contributed by atoms with Gasteiger partial charge in [0.05, 0.1) is 12.8 Å². The van der Waals surface area contributed by atoms with Crippen molar-refractivity contribution in [3.8, 4) is 5.75 Å². The third-order valence-electron chi connectivity index (χ3n) is 3.47. The van der Waals surface area contributed by atoms with Gasteiger partial charge in [-0.05, 0) is 25.2 Å². The van der Waals surface area contributed by atoms with E-state index in [4.69, 9.17) is 4.74 Å². The van der Waals surface area contributed by atoms with Crippen LogP contribution in [0.4, 0.5) is 0 Å². The van der Waals surface area contributed by atoms with E-state index in [1.54, 1.807) is 23.8 Å². The number of rotatable bonds is 5. The number of hydrogen-bond donors (Lipinski definition) is 0. The van der Waals surface area contributed by atoms with E-state index >= 15 is 0 Å². The molecule has 0 radical (unpaired) electrons. The van der Waals surface area contributed by atoms with E-state index in [1.165, 1.54) is 11.3 Å². The summed E-state index contributed by atoms with van der Waals surface area (Å²) in [5.41, 5.74) is 1.81. The monoisotopic (exact) mass is 393 g/mol. The molecule has 0 amide bonds. The van der Waals surface area contributed by atoms with Crippen LogP contribution in [0, 0.1) is 0 Å². The first-order valence-corrected chi connectivity index (χ1v) is 8.71. The molecule has 0 N–H and O–H groups in total. The predicted octanol–water partition coefficient (Wildman–Crippen LogP) is 3.16. The lowest BCUT2D eigenvalue weighted by atomic mass is 10.2. The third kappa shape index (κ3) is 3.63. The Kier molecular flexibility index (Phi) is 4.79. The van der Waals surface area contributed by atoms with E-state index in [0.29, 0.717) is 13.1 Å². The standard InChI is InChI=1S/C16H16BrN3O2S/c1-19(9-11-7-12(17)3-4-14(11)22-2)10-13-8-15(21)20-5-6-23-16(20)18-13/h3-8H,9-10H2,1-2H3. The predicted molar refractivity (Wildman–Crippen MR) is 95.2 cm³/mol. The number of hydrogen-bond acceptors (Lipinski definition) is 5. The summed E-state index contributed by atoms with van der Waals surface area (Å²) in [6, 6.07) is 7.53. The van der Waals surface area contributed by atoms with Crippen molar-refractivity contribution in [1.82, 2.24) is 14.3 Å². The summed E-state index contributed by atoms with van der Waals surface area (Å²) in [4.78, 5) is 19.4. The lowest BCUT2D eigenvalue weighted by Gasteiger charge is -2.18. The normalized spacial score (nSPS) is 11.3. The van der Waals surface area contributed by atoms with Crippen LogP contribution in [-0.2, 0) is 13.1 Å². The molecule has 0 aliphatic heterocycles. The van der Waals surface area contributed by atoms with E-state index in [1.807, 2.05) is 30.6 Å². The molecule has 0 spiro atoms. The van der Waals surface area contributed by atoms with Gasteiger partial charge < -0.3 is 4.74 Å². The Labute approximate surface area is 146 Å². The minimum Gasteiger partial charge on any atom is -0.496 e. The Morgan fingerprint density at radius 1 is 1.35 bits per heavy atom. The minimum atomic E-state index is -0.0420. The van der Waals surface area contributed by atoms with Crippen molar-refractivity contribution in [3.63, 3.8) is 0 Å². The molecule has 2 heterocycles. The first-order valence-electron chi connectivity index (χ1n) is 7.03. The molecule has 0 unspecified atom stereocenters. The van der Waals surface area contributed by atoms with E-state index in [9.17, 15) is 4.79 Å². The number of nitrogens with zero attached hydrogens (tertiary/aromatic N) is 3. The van der Waals surface area contributed by atoms with Gasteiger partial charge in [-0.2, -0.15) is 0 Å². The summed E-state index contributed by atoms with van der Waals surface area (Å²) >= 11 is 4.95. The second-order valence-corrected chi connectivity index (χ2v) is 7.06. The second kappa shape index (κ2) is 6.82. The lowest BCUT2D eigenvalue weighted by Crippen LogP contribution is -2.21. The maximum Gasteiger partial charge on any atom is 0.258 e. The molecule has 3 rings (SSSR count). The summed E-state index contributed by atoms with van der Waals surface area (Å²) < 4.78 is 7.98. The summed E-state index contributed by atoms with van der Waals surface area (Å²) in [5.74, 6) is 0.849. The summed E-state index contributed by atoms with van der Waals surface area (Å²) in [6.45, 7) is 1.30. The van der Waals surface area contributed by atoms with Crippen molar-refractivity contribution < 1.29 is 4.74 Å². The quantitative estimate of drug-likeness (QED) is 0.667. The van der Waals surface area contributed by atoms with Gasteiger partial charge in [0.15, 0.2) is 4.96 Å². The molecule has 2 aromatic heterocycles. The van der Waals surface area contributed by atoms with Gasteiger partial charge in [-0.25, -0.2) is 4.98 Å². The van der Waals surface area contributed by atoms with Crippen LogP contribution < -0.4 is 10.3 Å². The van der Waals surface area contributed by atoms with Gasteiger partial charge in [-0.1, -0.05) is 15.9 Å². The third-order valence-corrected chi connectivity index (χ3v) is 4.72. The first-order chi connectivity index (χ1) is 11.1. The van der Waals surface area contributed by atoms with Crippen LogP contribution >= 0.6 is 27.3 Å². The number of benzene rings is 1. The molecule has 5 nitrogen and oxygen atoms in total. The van der Waals surface area contributed by atoms with E-state index < -0.39 is 0 Å². The van der Waals surface area contributed by atoms with Crippen LogP contribution in [0.5, 0.6) is 5.75 Å². The SMILES string of the molecule is COc1ccc(Br)cc1CN(C)Cc1cc(=O)n2ccsc2n1. The van der Waals surface area contributed by atoms with Gasteiger partial charge in [0, 0.05) is 40.8 Å². The smallest absolute Gasteiger partial charge is 0.258 e. The molecular formula is C16H16BrN3O2S. The van der Waals surface area contributed by atoms with E-state index in [0.717, 1.165) is 26.4 Å². The molecule has 0 saturated carbocycles. The molecule has 0 fully saturated rings. The van der Waals surface area contributed by atoms with Crippen molar-refractivity contribution in [2.24, 2.45) is 0 Å². The van der Waals surface area contributed by atoms with Gasteiger partial charge in [0.1, 0.15) is 5.75 Å². The molecule has 0 aliphatic carbocycles. The van der Waals surface area contributed by atoms with Gasteiger partial charge in [0.25, 0.3) is 5.56 Å². The van der Waals surface area contributed by atoms with E-state index in [-0.39, 0.29) is 5.56 Å². The molecule has 3 aromatic rings. The van der Waals surface area contributed by atoms with Crippen molar-refractivity contribution in [2.45, 2.75) is 13.1 Å². The number of fused-ring (bicyclic) bond motifs is 1. The average Bonchev–Trinajstić information content (AvgIpc) is 2.96. The topological polar surface area (TPSA) is 46.8 Å². The van der Waals surface area contributed by atoms with Crippen molar-refractivity contribution in [1.29, 1.82) is 0 Å². The highest BCUT2D eigenvalue weighted by molar-refractivity contribution is 9.10. The van der Waals surface area contributed by atoms with Crippen molar-refractivity contribution >= 4 is 32.2 Å². The fourth-order valence-corrected chi connectivity index (χ4v) is 3.61. The molecular weight excluding hydrogens is 378 g/mol. The summed E-state index contributed by atoms with van der Waals surface area (Å²) in [6.07, 6.45) is 1.75.